The number of pyridine rings is 1. The molecule has 3 aromatic heterocycles. The Balaban J connectivity index is 1.37. The second-order valence-corrected chi connectivity index (χ2v) is 11.3. The highest BCUT2D eigenvalue weighted by molar-refractivity contribution is 7.92. The number of hydrogen-bond donors (Lipinski definition) is 3. The smallest absolute Gasteiger partial charge is 0.233 e. The van der Waals surface area contributed by atoms with Gasteiger partial charge in [-0.1, -0.05) is 6.07 Å². The molecule has 1 saturated heterocycles. The van der Waals surface area contributed by atoms with Crippen LogP contribution in [0.15, 0.2) is 61.1 Å². The average molecular weight is 537 g/mol. The van der Waals surface area contributed by atoms with Crippen LogP contribution in [-0.2, 0) is 16.6 Å². The van der Waals surface area contributed by atoms with Gasteiger partial charge >= 0.3 is 0 Å². The number of piperazine rings is 1. The Morgan fingerprint density at radius 3 is 2.74 bits per heavy atom. The predicted octanol–water partition coefficient (Wildman–Crippen LogP) is 2.17. The molecule has 1 unspecified atom stereocenters. The zero-order valence-corrected chi connectivity index (χ0v) is 22.3. The van der Waals surface area contributed by atoms with Gasteiger partial charge in [-0.15, -0.1) is 0 Å². The van der Waals surface area contributed by atoms with E-state index in [-0.39, 0.29) is 19.0 Å². The van der Waals surface area contributed by atoms with Gasteiger partial charge in [-0.2, -0.15) is 4.98 Å². The average Bonchev–Trinajstić information content (AvgIpc) is 3.29. The molecule has 1 aliphatic rings. The standard InChI is InChI=1S/C26H32N8O3S/c1-19-17-32(13-11-27-19)23-7-5-22(6-8-23)30-26-29-16-20-9-12-33(25(20)31-26)18-21-4-3-10-28-24(21)34(14-15-35)38(2,36)37/h3-10,12,16,19,27,35H,11,13-15,17-18H2,1-2H3,(H,29,30,31). The number of aliphatic hydroxyl groups excluding tert-OH is 1. The van der Waals surface area contributed by atoms with Gasteiger partial charge in [0.1, 0.15) is 11.5 Å². The number of fused-ring (bicyclic) bond motifs is 1. The van der Waals surface area contributed by atoms with Crippen LogP contribution in [0.4, 0.5) is 23.1 Å². The highest BCUT2D eigenvalue weighted by atomic mass is 32.2. The lowest BCUT2D eigenvalue weighted by atomic mass is 10.2. The fourth-order valence-corrected chi connectivity index (χ4v) is 5.58. The summed E-state index contributed by atoms with van der Waals surface area (Å²) in [5.74, 6) is 0.753. The molecule has 0 amide bonds. The van der Waals surface area contributed by atoms with Crippen LogP contribution in [0.1, 0.15) is 12.5 Å². The summed E-state index contributed by atoms with van der Waals surface area (Å²) in [6.07, 6.45) is 6.30. The van der Waals surface area contributed by atoms with Gasteiger partial charge in [0.2, 0.25) is 16.0 Å². The minimum atomic E-state index is -3.62. The molecule has 200 valence electrons. The van der Waals surface area contributed by atoms with E-state index >= 15 is 0 Å². The molecule has 11 nitrogen and oxygen atoms in total. The van der Waals surface area contributed by atoms with Gasteiger partial charge in [0.05, 0.1) is 26.0 Å². The van der Waals surface area contributed by atoms with Crippen molar-refractivity contribution in [3.05, 3.63) is 66.6 Å². The van der Waals surface area contributed by atoms with Crippen LogP contribution in [0.3, 0.4) is 0 Å². The van der Waals surface area contributed by atoms with Crippen LogP contribution in [0.5, 0.6) is 0 Å². The SMILES string of the molecule is CC1CN(c2ccc(Nc3ncc4ccn(Cc5cccnc5N(CCO)S(C)(=O)=O)c4n3)cc2)CCN1. The molecule has 5 rings (SSSR count). The lowest BCUT2D eigenvalue weighted by Gasteiger charge is -2.33. The fourth-order valence-electron chi connectivity index (χ4n) is 4.69. The van der Waals surface area contributed by atoms with Crippen LogP contribution in [0.2, 0.25) is 0 Å². The molecule has 0 spiro atoms. The summed E-state index contributed by atoms with van der Waals surface area (Å²) in [5.41, 5.74) is 3.47. The van der Waals surface area contributed by atoms with Crippen molar-refractivity contribution in [3.8, 4) is 0 Å². The maximum Gasteiger partial charge on any atom is 0.233 e. The summed E-state index contributed by atoms with van der Waals surface area (Å²) in [6.45, 7) is 5.09. The topological polar surface area (TPSA) is 129 Å². The van der Waals surface area contributed by atoms with Crippen molar-refractivity contribution in [2.45, 2.75) is 19.5 Å². The van der Waals surface area contributed by atoms with Crippen molar-refractivity contribution in [1.82, 2.24) is 24.8 Å². The molecule has 0 saturated carbocycles. The van der Waals surface area contributed by atoms with Crippen molar-refractivity contribution in [2.24, 2.45) is 0 Å². The lowest BCUT2D eigenvalue weighted by molar-refractivity contribution is 0.306. The summed E-state index contributed by atoms with van der Waals surface area (Å²) >= 11 is 0. The largest absolute Gasteiger partial charge is 0.394 e. The zero-order valence-electron chi connectivity index (χ0n) is 21.4. The Bertz CT molecular complexity index is 1510. The molecule has 38 heavy (non-hydrogen) atoms. The van der Waals surface area contributed by atoms with Gasteiger partial charge in [-0.05, 0) is 43.3 Å². The second-order valence-electron chi connectivity index (χ2n) is 9.43. The van der Waals surface area contributed by atoms with E-state index in [1.165, 1.54) is 5.69 Å². The molecule has 0 radical (unpaired) electrons. The highest BCUT2D eigenvalue weighted by Gasteiger charge is 2.22. The van der Waals surface area contributed by atoms with E-state index in [4.69, 9.17) is 4.98 Å². The highest BCUT2D eigenvalue weighted by Crippen LogP contribution is 2.25. The minimum absolute atomic E-state index is 0.0715. The quantitative estimate of drug-likeness (QED) is 0.295. The first-order chi connectivity index (χ1) is 18.3. The van der Waals surface area contributed by atoms with Crippen LogP contribution in [-0.4, -0.2) is 78.1 Å². The van der Waals surface area contributed by atoms with Crippen LogP contribution in [0, 0.1) is 0 Å². The van der Waals surface area contributed by atoms with Gasteiger partial charge in [-0.3, -0.25) is 4.31 Å². The van der Waals surface area contributed by atoms with E-state index in [2.05, 4.69) is 44.6 Å². The molecule has 1 fully saturated rings. The van der Waals surface area contributed by atoms with E-state index in [9.17, 15) is 13.5 Å². The van der Waals surface area contributed by atoms with Gasteiger partial charge in [0.15, 0.2) is 0 Å². The van der Waals surface area contributed by atoms with E-state index in [1.807, 2.05) is 35.0 Å². The third kappa shape index (κ3) is 5.72. The van der Waals surface area contributed by atoms with Crippen molar-refractivity contribution in [3.63, 3.8) is 0 Å². The van der Waals surface area contributed by atoms with Gasteiger partial charge in [-0.25, -0.2) is 18.4 Å². The third-order valence-corrected chi connectivity index (χ3v) is 7.66. The van der Waals surface area contributed by atoms with E-state index < -0.39 is 10.0 Å². The van der Waals surface area contributed by atoms with Crippen molar-refractivity contribution in [1.29, 1.82) is 0 Å². The number of aliphatic hydroxyl groups is 1. The number of nitrogens with zero attached hydrogens (tertiary/aromatic N) is 6. The molecule has 1 aliphatic heterocycles. The molecule has 0 bridgehead atoms. The third-order valence-electron chi connectivity index (χ3n) is 6.51. The van der Waals surface area contributed by atoms with Crippen LogP contribution < -0.4 is 19.8 Å². The zero-order chi connectivity index (χ0) is 26.7. The summed E-state index contributed by atoms with van der Waals surface area (Å²) in [7, 11) is -3.62. The van der Waals surface area contributed by atoms with Crippen molar-refractivity contribution < 1.29 is 13.5 Å². The van der Waals surface area contributed by atoms with E-state index in [0.29, 0.717) is 29.7 Å². The Kier molecular flexibility index (Phi) is 7.45. The van der Waals surface area contributed by atoms with Crippen LogP contribution in [0.25, 0.3) is 11.0 Å². The number of benzene rings is 1. The molecule has 1 aromatic carbocycles. The number of aromatic nitrogens is 4. The van der Waals surface area contributed by atoms with Gasteiger partial charge < -0.3 is 25.2 Å². The van der Waals surface area contributed by atoms with Crippen molar-refractivity contribution in [2.75, 3.05) is 53.6 Å². The summed E-state index contributed by atoms with van der Waals surface area (Å²) in [6, 6.07) is 14.2. The number of hydrogen-bond acceptors (Lipinski definition) is 9. The fraction of sp³-hybridized carbons (Fsp3) is 0.346. The first-order valence-electron chi connectivity index (χ1n) is 12.5. The summed E-state index contributed by atoms with van der Waals surface area (Å²) < 4.78 is 27.8. The van der Waals surface area contributed by atoms with E-state index in [0.717, 1.165) is 41.3 Å². The first-order valence-corrected chi connectivity index (χ1v) is 14.4. The number of nitrogens with one attached hydrogen (secondary N) is 2. The molecule has 4 aromatic rings. The molecular formula is C26H32N8O3S. The van der Waals surface area contributed by atoms with Crippen LogP contribution >= 0.6 is 0 Å². The maximum atomic E-state index is 12.4. The number of sulfonamides is 1. The summed E-state index contributed by atoms with van der Waals surface area (Å²) in [4.78, 5) is 15.9. The summed E-state index contributed by atoms with van der Waals surface area (Å²) in [5, 5.41) is 17.0. The molecule has 4 heterocycles. The normalized spacial score (nSPS) is 16.1. The number of rotatable bonds is 9. The molecular weight excluding hydrogens is 504 g/mol. The molecule has 3 N–H and O–H groups in total. The Morgan fingerprint density at radius 1 is 1.18 bits per heavy atom. The molecule has 0 aliphatic carbocycles. The first kappa shape index (κ1) is 25.9. The molecule has 12 heteroatoms. The van der Waals surface area contributed by atoms with Gasteiger partial charge in [0, 0.05) is 66.6 Å². The Morgan fingerprint density at radius 2 is 2.00 bits per heavy atom. The second kappa shape index (κ2) is 10.9. The van der Waals surface area contributed by atoms with Gasteiger partial charge in [0.25, 0.3) is 0 Å². The Hall–Kier alpha value is -3.74. The predicted molar refractivity (Wildman–Crippen MR) is 150 cm³/mol. The monoisotopic (exact) mass is 536 g/mol. The number of anilines is 4. The molecule has 1 atom stereocenters. The minimum Gasteiger partial charge on any atom is -0.394 e. The lowest BCUT2D eigenvalue weighted by Crippen LogP contribution is -2.49. The Labute approximate surface area is 222 Å². The van der Waals surface area contributed by atoms with E-state index in [1.54, 1.807) is 18.5 Å². The maximum absolute atomic E-state index is 12.4. The van der Waals surface area contributed by atoms with Crippen molar-refractivity contribution >= 4 is 44.2 Å².